The van der Waals surface area contributed by atoms with Gasteiger partial charge < -0.3 is 10.5 Å². The van der Waals surface area contributed by atoms with Crippen molar-refractivity contribution in [2.45, 2.75) is 13.5 Å². The van der Waals surface area contributed by atoms with Crippen molar-refractivity contribution in [1.29, 1.82) is 5.53 Å². The zero-order valence-corrected chi connectivity index (χ0v) is 9.79. The van der Waals surface area contributed by atoms with Crippen LogP contribution in [-0.2, 0) is 6.61 Å². The molecule has 3 N–H and O–H groups in total. The van der Waals surface area contributed by atoms with Crippen LogP contribution in [0.5, 0.6) is 5.75 Å². The van der Waals surface area contributed by atoms with E-state index < -0.39 is 0 Å². The van der Waals surface area contributed by atoms with Crippen LogP contribution in [0.4, 0.5) is 11.8 Å². The average molecular weight is 244 g/mol. The lowest BCUT2D eigenvalue weighted by atomic mass is 10.3. The zero-order valence-electron chi connectivity index (χ0n) is 9.79. The van der Waals surface area contributed by atoms with E-state index in [0.717, 1.165) is 11.4 Å². The highest BCUT2D eigenvalue weighted by Gasteiger charge is 2.05. The Kier molecular flexibility index (Phi) is 3.42. The van der Waals surface area contributed by atoms with Crippen molar-refractivity contribution in [3.8, 4) is 5.75 Å². The van der Waals surface area contributed by atoms with Gasteiger partial charge >= 0.3 is 0 Å². The Bertz CT molecular complexity index is 571. The molecule has 7 heteroatoms. The summed E-state index contributed by atoms with van der Waals surface area (Å²) in [7, 11) is 0. The Morgan fingerprint density at radius 1 is 1.39 bits per heavy atom. The van der Waals surface area contributed by atoms with Crippen molar-refractivity contribution in [2.75, 3.05) is 5.73 Å². The molecule has 0 unspecified atom stereocenters. The first-order valence-electron chi connectivity index (χ1n) is 5.24. The van der Waals surface area contributed by atoms with Crippen LogP contribution in [0.25, 0.3) is 0 Å². The van der Waals surface area contributed by atoms with E-state index in [1.807, 2.05) is 25.1 Å². The SMILES string of the molecule is Cc1cccc(COc2cnc(N=N)nc2N)n1. The van der Waals surface area contributed by atoms with Gasteiger partial charge in [0, 0.05) is 5.69 Å². The zero-order chi connectivity index (χ0) is 13.0. The summed E-state index contributed by atoms with van der Waals surface area (Å²) >= 11 is 0. The fourth-order valence-corrected chi connectivity index (χ4v) is 1.37. The molecule has 0 radical (unpaired) electrons. The van der Waals surface area contributed by atoms with Gasteiger partial charge in [0.25, 0.3) is 5.95 Å². The van der Waals surface area contributed by atoms with E-state index in [2.05, 4.69) is 20.1 Å². The predicted octanol–water partition coefficient (Wildman–Crippen LogP) is 2.00. The van der Waals surface area contributed by atoms with Gasteiger partial charge in [0.2, 0.25) is 0 Å². The largest absolute Gasteiger partial charge is 0.482 e. The summed E-state index contributed by atoms with van der Waals surface area (Å²) in [6.45, 7) is 2.19. The molecule has 7 nitrogen and oxygen atoms in total. The number of nitrogen functional groups attached to an aromatic ring is 1. The lowest BCUT2D eigenvalue weighted by Crippen LogP contribution is -2.03. The number of hydrogen-bond acceptors (Lipinski definition) is 7. The van der Waals surface area contributed by atoms with Crippen LogP contribution in [0.1, 0.15) is 11.4 Å². The molecule has 0 aliphatic carbocycles. The van der Waals surface area contributed by atoms with Gasteiger partial charge in [0.05, 0.1) is 11.9 Å². The third-order valence-electron chi connectivity index (χ3n) is 2.19. The number of anilines is 1. The maximum atomic E-state index is 6.76. The summed E-state index contributed by atoms with van der Waals surface area (Å²) in [6, 6.07) is 5.67. The molecular weight excluding hydrogens is 232 g/mol. The van der Waals surface area contributed by atoms with Gasteiger partial charge in [-0.3, -0.25) is 4.98 Å². The molecule has 92 valence electrons. The van der Waals surface area contributed by atoms with E-state index in [0.29, 0.717) is 5.75 Å². The molecule has 2 aromatic heterocycles. The molecule has 0 fully saturated rings. The second-order valence-corrected chi connectivity index (χ2v) is 3.59. The molecule has 0 aliphatic rings. The highest BCUT2D eigenvalue weighted by Crippen LogP contribution is 2.20. The molecule has 0 saturated heterocycles. The number of hydrogen-bond donors (Lipinski definition) is 2. The second kappa shape index (κ2) is 5.17. The van der Waals surface area contributed by atoms with Crippen LogP contribution >= 0.6 is 0 Å². The standard InChI is InChI=1S/C11H12N6O/c1-7-3-2-4-8(15-7)6-18-9-5-14-11(17-13)16-10(9)12/h2-5,13H,6H2,1H3,(H2,12,14,16). The van der Waals surface area contributed by atoms with Crippen molar-refractivity contribution in [2.24, 2.45) is 5.11 Å². The topological polar surface area (TPSA) is 110 Å². The fourth-order valence-electron chi connectivity index (χ4n) is 1.37. The van der Waals surface area contributed by atoms with Crippen molar-refractivity contribution in [1.82, 2.24) is 15.0 Å². The lowest BCUT2D eigenvalue weighted by Gasteiger charge is -2.07. The van der Waals surface area contributed by atoms with Gasteiger partial charge in [-0.25, -0.2) is 10.5 Å². The molecule has 2 aromatic rings. The highest BCUT2D eigenvalue weighted by molar-refractivity contribution is 5.46. The summed E-state index contributed by atoms with van der Waals surface area (Å²) < 4.78 is 5.46. The summed E-state index contributed by atoms with van der Waals surface area (Å²) in [5.74, 6) is 0.517. The van der Waals surface area contributed by atoms with E-state index in [-0.39, 0.29) is 18.4 Å². The average Bonchev–Trinajstić information content (AvgIpc) is 2.37. The molecule has 2 rings (SSSR count). The van der Waals surface area contributed by atoms with Crippen LogP contribution < -0.4 is 10.5 Å². The third-order valence-corrected chi connectivity index (χ3v) is 2.19. The van der Waals surface area contributed by atoms with Crippen LogP contribution in [0.15, 0.2) is 29.5 Å². The Morgan fingerprint density at radius 3 is 2.89 bits per heavy atom. The molecule has 0 aromatic carbocycles. The highest BCUT2D eigenvalue weighted by atomic mass is 16.5. The molecule has 0 spiro atoms. The summed E-state index contributed by atoms with van der Waals surface area (Å²) in [6.07, 6.45) is 1.39. The van der Waals surface area contributed by atoms with Gasteiger partial charge in [0.1, 0.15) is 6.61 Å². The minimum Gasteiger partial charge on any atom is -0.482 e. The molecule has 0 saturated carbocycles. The third kappa shape index (κ3) is 2.76. The molecular formula is C11H12N6O. The quantitative estimate of drug-likeness (QED) is 0.799. The maximum Gasteiger partial charge on any atom is 0.270 e. The van der Waals surface area contributed by atoms with Crippen molar-refractivity contribution in [3.63, 3.8) is 0 Å². The molecule has 2 heterocycles. The van der Waals surface area contributed by atoms with Crippen LogP contribution in [0.2, 0.25) is 0 Å². The Balaban J connectivity index is 2.08. The number of aryl methyl sites for hydroxylation is 1. The van der Waals surface area contributed by atoms with E-state index in [4.69, 9.17) is 16.0 Å². The van der Waals surface area contributed by atoms with Gasteiger partial charge in [0.15, 0.2) is 11.6 Å². The molecule has 0 bridgehead atoms. The summed E-state index contributed by atoms with van der Waals surface area (Å²) in [4.78, 5) is 11.9. The molecule has 0 aliphatic heterocycles. The Hall–Kier alpha value is -2.57. The van der Waals surface area contributed by atoms with Gasteiger partial charge in [-0.1, -0.05) is 6.07 Å². The number of nitrogens with one attached hydrogen (secondary N) is 1. The number of rotatable bonds is 4. The smallest absolute Gasteiger partial charge is 0.270 e. The van der Waals surface area contributed by atoms with Crippen LogP contribution in [0, 0.1) is 12.5 Å². The minimum absolute atomic E-state index is 0.00790. The van der Waals surface area contributed by atoms with E-state index >= 15 is 0 Å². The predicted molar refractivity (Wildman–Crippen MR) is 64.6 cm³/mol. The summed E-state index contributed by atoms with van der Waals surface area (Å²) in [5, 5.41) is 3.08. The Morgan fingerprint density at radius 2 is 2.22 bits per heavy atom. The second-order valence-electron chi connectivity index (χ2n) is 3.59. The van der Waals surface area contributed by atoms with Crippen molar-refractivity contribution < 1.29 is 4.74 Å². The molecule has 0 atom stereocenters. The van der Waals surface area contributed by atoms with E-state index in [1.54, 1.807) is 0 Å². The monoisotopic (exact) mass is 244 g/mol. The van der Waals surface area contributed by atoms with Crippen molar-refractivity contribution >= 4 is 11.8 Å². The maximum absolute atomic E-state index is 6.76. The van der Waals surface area contributed by atoms with Crippen LogP contribution in [-0.4, -0.2) is 15.0 Å². The minimum atomic E-state index is 0.00790. The van der Waals surface area contributed by atoms with Crippen LogP contribution in [0.3, 0.4) is 0 Å². The van der Waals surface area contributed by atoms with Gasteiger partial charge in [-0.05, 0) is 19.1 Å². The van der Waals surface area contributed by atoms with Gasteiger partial charge in [-0.15, -0.1) is 5.11 Å². The summed E-state index contributed by atoms with van der Waals surface area (Å²) in [5.41, 5.74) is 14.1. The van der Waals surface area contributed by atoms with Gasteiger partial charge in [-0.2, -0.15) is 4.98 Å². The van der Waals surface area contributed by atoms with E-state index in [9.17, 15) is 0 Å². The van der Waals surface area contributed by atoms with E-state index in [1.165, 1.54) is 6.20 Å². The Labute approximate surface area is 104 Å². The number of ether oxygens (including phenoxy) is 1. The van der Waals surface area contributed by atoms with Crippen molar-refractivity contribution in [3.05, 3.63) is 35.8 Å². The first-order chi connectivity index (χ1) is 8.69. The number of nitrogens with zero attached hydrogens (tertiary/aromatic N) is 4. The lowest BCUT2D eigenvalue weighted by molar-refractivity contribution is 0.300. The number of aromatic nitrogens is 3. The number of pyridine rings is 1. The number of nitrogens with two attached hydrogens (primary N) is 1. The molecule has 18 heavy (non-hydrogen) atoms. The normalized spacial score (nSPS) is 10.1. The molecule has 0 amide bonds. The first kappa shape index (κ1) is 11.9. The first-order valence-corrected chi connectivity index (χ1v) is 5.24. The fraction of sp³-hybridized carbons (Fsp3) is 0.182.